The van der Waals surface area contributed by atoms with Gasteiger partial charge in [0.25, 0.3) is 10.1 Å². The van der Waals surface area contributed by atoms with Gasteiger partial charge in [0.1, 0.15) is 0 Å². The Balaban J connectivity index is 0.000000384. The minimum Gasteiger partial charge on any atom is -0.396 e. The molecule has 0 amide bonds. The van der Waals surface area contributed by atoms with E-state index in [1.165, 1.54) is 18.6 Å². The molecule has 1 unspecified atom stereocenters. The summed E-state index contributed by atoms with van der Waals surface area (Å²) in [7, 11) is -4.02. The van der Waals surface area contributed by atoms with Crippen molar-refractivity contribution in [1.82, 2.24) is 0 Å². The number of ether oxygens (including phenoxy) is 1. The average Bonchev–Trinajstić information content (AvgIpc) is 2.43. The number of hydrogen-bond acceptors (Lipinski definition) is 4. The van der Waals surface area contributed by atoms with Crippen molar-refractivity contribution in [3.05, 3.63) is 29.8 Å². The molecule has 0 fully saturated rings. The van der Waals surface area contributed by atoms with E-state index in [2.05, 4.69) is 6.92 Å². The summed E-state index contributed by atoms with van der Waals surface area (Å²) in [6.45, 7) is 7.71. The molecule has 1 rings (SSSR count). The summed E-state index contributed by atoms with van der Waals surface area (Å²) in [6, 6.07) is 5.99. The maximum atomic E-state index is 10.5. The van der Waals surface area contributed by atoms with Crippen molar-refractivity contribution in [2.45, 2.75) is 38.5 Å². The highest BCUT2D eigenvalue weighted by molar-refractivity contribution is 7.85. The molecule has 6 heteroatoms. The molecule has 0 saturated carbocycles. The van der Waals surface area contributed by atoms with Gasteiger partial charge in [-0.3, -0.25) is 4.55 Å². The molecular formula is C15H26O5S. The topological polar surface area (TPSA) is 83.8 Å². The van der Waals surface area contributed by atoms with Gasteiger partial charge in [0, 0.05) is 19.1 Å². The van der Waals surface area contributed by atoms with Gasteiger partial charge in [-0.05, 0) is 25.5 Å². The van der Waals surface area contributed by atoms with Crippen molar-refractivity contribution in [3.8, 4) is 0 Å². The smallest absolute Gasteiger partial charge is 0.294 e. The zero-order valence-electron chi connectivity index (χ0n) is 12.9. The van der Waals surface area contributed by atoms with Crippen molar-refractivity contribution in [2.24, 2.45) is 5.92 Å². The summed E-state index contributed by atoms with van der Waals surface area (Å²) in [5.41, 5.74) is 0.956. The Kier molecular flexibility index (Phi) is 10.2. The molecule has 1 aromatic rings. The molecule has 0 spiro atoms. The Labute approximate surface area is 127 Å². The Morgan fingerprint density at radius 1 is 1.24 bits per heavy atom. The van der Waals surface area contributed by atoms with Gasteiger partial charge in [0.2, 0.25) is 0 Å². The largest absolute Gasteiger partial charge is 0.396 e. The Bertz CT molecular complexity index is 467. The summed E-state index contributed by atoms with van der Waals surface area (Å²) >= 11 is 0. The average molecular weight is 318 g/mol. The van der Waals surface area contributed by atoms with Gasteiger partial charge >= 0.3 is 0 Å². The lowest BCUT2D eigenvalue weighted by molar-refractivity contribution is 0.0783. The fourth-order valence-electron chi connectivity index (χ4n) is 1.29. The van der Waals surface area contributed by atoms with Crippen molar-refractivity contribution >= 4 is 10.1 Å². The molecule has 0 aliphatic heterocycles. The molecular weight excluding hydrogens is 292 g/mol. The van der Waals surface area contributed by atoms with Gasteiger partial charge in [-0.1, -0.05) is 38.0 Å². The van der Waals surface area contributed by atoms with Crippen LogP contribution in [0.4, 0.5) is 0 Å². The molecule has 5 nitrogen and oxygen atoms in total. The summed E-state index contributed by atoms with van der Waals surface area (Å²) in [4.78, 5) is -0.0666. The first kappa shape index (κ1) is 20.1. The van der Waals surface area contributed by atoms with Crippen molar-refractivity contribution in [3.63, 3.8) is 0 Å². The summed E-state index contributed by atoms with van der Waals surface area (Å²) in [6.07, 6.45) is 2.30. The minimum absolute atomic E-state index is 0.0666. The van der Waals surface area contributed by atoms with Crippen LogP contribution < -0.4 is 0 Å². The molecule has 1 aromatic carbocycles. The van der Waals surface area contributed by atoms with E-state index in [-0.39, 0.29) is 17.4 Å². The van der Waals surface area contributed by atoms with Crippen molar-refractivity contribution in [2.75, 3.05) is 19.8 Å². The highest BCUT2D eigenvalue weighted by atomic mass is 32.2. The fourth-order valence-corrected chi connectivity index (χ4v) is 1.77. The van der Waals surface area contributed by atoms with Gasteiger partial charge in [-0.25, -0.2) is 0 Å². The molecule has 0 heterocycles. The first-order valence-electron chi connectivity index (χ1n) is 7.04. The molecule has 21 heavy (non-hydrogen) atoms. The number of aliphatic hydroxyl groups is 1. The quantitative estimate of drug-likeness (QED) is 0.596. The predicted molar refractivity (Wildman–Crippen MR) is 83.0 cm³/mol. The number of aryl methyl sites for hydroxylation is 1. The number of hydrogen-bond donors (Lipinski definition) is 2. The third-order valence-electron chi connectivity index (χ3n) is 2.68. The normalized spacial score (nSPS) is 12.4. The first-order chi connectivity index (χ1) is 9.81. The van der Waals surface area contributed by atoms with Crippen LogP contribution in [-0.4, -0.2) is 37.9 Å². The zero-order chi connectivity index (χ0) is 16.3. The number of unbranched alkanes of at least 4 members (excludes halogenated alkanes) is 1. The minimum atomic E-state index is -4.02. The zero-order valence-corrected chi connectivity index (χ0v) is 13.8. The van der Waals surface area contributed by atoms with Gasteiger partial charge in [-0.15, -0.1) is 0 Å². The highest BCUT2D eigenvalue weighted by Gasteiger charge is 2.06. The van der Waals surface area contributed by atoms with E-state index in [9.17, 15) is 8.42 Å². The van der Waals surface area contributed by atoms with Gasteiger partial charge in [0.15, 0.2) is 0 Å². The molecule has 0 radical (unpaired) electrons. The Morgan fingerprint density at radius 2 is 1.81 bits per heavy atom. The summed E-state index contributed by atoms with van der Waals surface area (Å²) < 4.78 is 34.8. The van der Waals surface area contributed by atoms with E-state index in [0.717, 1.165) is 18.6 Å². The second-order valence-electron chi connectivity index (χ2n) is 5.00. The molecule has 2 N–H and O–H groups in total. The molecule has 0 aromatic heterocycles. The molecule has 0 aliphatic carbocycles. The number of aliphatic hydroxyl groups excluding tert-OH is 1. The van der Waals surface area contributed by atoms with Gasteiger partial charge in [-0.2, -0.15) is 8.42 Å². The molecule has 0 saturated heterocycles. The SMILES string of the molecule is CCCCOCC(C)CO.Cc1ccc(S(=O)(=O)O)cc1. The standard InChI is InChI=1S/C8H18O2.C7H8O3S/c1-3-4-5-10-7-8(2)6-9;1-6-2-4-7(5-3-6)11(8,9)10/h8-9H,3-7H2,1-2H3;2-5H,1H3,(H,8,9,10). The number of rotatable bonds is 7. The van der Waals surface area contributed by atoms with E-state index in [4.69, 9.17) is 14.4 Å². The predicted octanol–water partition coefficient (Wildman–Crippen LogP) is 2.67. The maximum absolute atomic E-state index is 10.5. The summed E-state index contributed by atoms with van der Waals surface area (Å²) in [5.74, 6) is 0.289. The second kappa shape index (κ2) is 10.7. The lowest BCUT2D eigenvalue weighted by atomic mass is 10.2. The van der Waals surface area contributed by atoms with Crippen LogP contribution in [0.5, 0.6) is 0 Å². The lowest BCUT2D eigenvalue weighted by Gasteiger charge is -2.07. The van der Waals surface area contributed by atoms with Crippen molar-refractivity contribution in [1.29, 1.82) is 0 Å². The van der Waals surface area contributed by atoms with E-state index in [1.54, 1.807) is 12.1 Å². The Hall–Kier alpha value is -0.950. The molecule has 0 bridgehead atoms. The number of benzene rings is 1. The van der Waals surface area contributed by atoms with E-state index in [1.807, 2.05) is 13.8 Å². The van der Waals surface area contributed by atoms with E-state index in [0.29, 0.717) is 6.61 Å². The van der Waals surface area contributed by atoms with Crippen LogP contribution in [0.25, 0.3) is 0 Å². The monoisotopic (exact) mass is 318 g/mol. The molecule has 122 valence electrons. The van der Waals surface area contributed by atoms with Gasteiger partial charge < -0.3 is 9.84 Å². The van der Waals surface area contributed by atoms with Crippen LogP contribution in [0, 0.1) is 12.8 Å². The lowest BCUT2D eigenvalue weighted by Crippen LogP contribution is -2.10. The van der Waals surface area contributed by atoms with E-state index < -0.39 is 10.1 Å². The second-order valence-corrected chi connectivity index (χ2v) is 6.43. The molecule has 1 atom stereocenters. The van der Waals surface area contributed by atoms with Crippen molar-refractivity contribution < 1.29 is 22.8 Å². The van der Waals surface area contributed by atoms with E-state index >= 15 is 0 Å². The van der Waals surface area contributed by atoms with Crippen LogP contribution in [0.1, 0.15) is 32.3 Å². The fraction of sp³-hybridized carbons (Fsp3) is 0.600. The third kappa shape index (κ3) is 10.4. The Morgan fingerprint density at radius 3 is 2.24 bits per heavy atom. The van der Waals surface area contributed by atoms with Crippen LogP contribution in [-0.2, 0) is 14.9 Å². The van der Waals surface area contributed by atoms with Crippen LogP contribution in [0.2, 0.25) is 0 Å². The van der Waals surface area contributed by atoms with Crippen LogP contribution in [0.3, 0.4) is 0 Å². The maximum Gasteiger partial charge on any atom is 0.294 e. The summed E-state index contributed by atoms with van der Waals surface area (Å²) in [5, 5.41) is 8.61. The first-order valence-corrected chi connectivity index (χ1v) is 8.48. The van der Waals surface area contributed by atoms with Gasteiger partial charge in [0.05, 0.1) is 11.5 Å². The van der Waals surface area contributed by atoms with Crippen LogP contribution >= 0.6 is 0 Å². The molecule has 0 aliphatic rings. The highest BCUT2D eigenvalue weighted by Crippen LogP contribution is 2.08. The third-order valence-corrected chi connectivity index (χ3v) is 3.54. The van der Waals surface area contributed by atoms with Crippen LogP contribution in [0.15, 0.2) is 29.2 Å².